The van der Waals surface area contributed by atoms with E-state index in [9.17, 15) is 9.59 Å². The first-order valence-electron chi connectivity index (χ1n) is 12.7. The van der Waals surface area contributed by atoms with Crippen molar-refractivity contribution in [1.29, 1.82) is 0 Å². The molecule has 0 radical (unpaired) electrons. The van der Waals surface area contributed by atoms with Gasteiger partial charge in [-0.3, -0.25) is 0 Å². The Morgan fingerprint density at radius 1 is 0.714 bits per heavy atom. The first-order chi connectivity index (χ1) is 17.0. The van der Waals surface area contributed by atoms with Gasteiger partial charge >= 0.3 is 212 Å². The SMILES string of the molecule is CCC[CH2][Sn]([CH2]CCC)([CH2]CCC)[c]1cc(C(=O)ON2OCCO2)cc(C(=O)ON2OCCO2)c1. The second-order valence-electron chi connectivity index (χ2n) is 8.93. The number of unbranched alkanes of at least 4 members (excludes halogenated alkanes) is 3. The summed E-state index contributed by atoms with van der Waals surface area (Å²) in [5, 5.41) is 1.45. The van der Waals surface area contributed by atoms with Crippen LogP contribution in [0.1, 0.15) is 80.0 Å². The van der Waals surface area contributed by atoms with E-state index in [2.05, 4.69) is 20.8 Å². The Kier molecular flexibility index (Phi) is 11.7. The summed E-state index contributed by atoms with van der Waals surface area (Å²) in [5.74, 6) is -1.31. The Morgan fingerprint density at radius 3 is 1.43 bits per heavy atom. The Morgan fingerprint density at radius 2 is 1.09 bits per heavy atom. The molecule has 0 aliphatic carbocycles. The third kappa shape index (κ3) is 8.11. The van der Waals surface area contributed by atoms with Crippen LogP contribution in [0, 0.1) is 0 Å². The van der Waals surface area contributed by atoms with Gasteiger partial charge < -0.3 is 0 Å². The molecule has 2 saturated heterocycles. The number of carbonyl (C=O) groups excluding carboxylic acids is 2. The van der Waals surface area contributed by atoms with Crippen molar-refractivity contribution in [2.75, 3.05) is 26.4 Å². The van der Waals surface area contributed by atoms with Gasteiger partial charge in [-0.15, -0.1) is 0 Å². The predicted octanol–water partition coefficient (Wildman–Crippen LogP) is 4.24. The quantitative estimate of drug-likeness (QED) is 0.288. The maximum atomic E-state index is 13.0. The molecule has 0 N–H and O–H groups in total. The van der Waals surface area contributed by atoms with Crippen LogP contribution in [0.15, 0.2) is 18.2 Å². The summed E-state index contributed by atoms with van der Waals surface area (Å²) < 4.78 is 4.67. The molecule has 1 aromatic carbocycles. The van der Waals surface area contributed by atoms with E-state index in [-0.39, 0.29) is 11.1 Å². The number of hydrogen-bond acceptors (Lipinski definition) is 10. The van der Waals surface area contributed by atoms with Crippen LogP contribution in [0.3, 0.4) is 0 Å². The molecule has 2 aliphatic heterocycles. The van der Waals surface area contributed by atoms with Crippen molar-refractivity contribution in [3.63, 3.8) is 0 Å². The Balaban J connectivity index is 1.99. The van der Waals surface area contributed by atoms with Crippen LogP contribution < -0.4 is 3.58 Å². The standard InChI is InChI=1S/C12H11N2O8.3C4H9.Sn/c15-11(21-13-17-4-5-18-13)9-2-1-3-10(8-9)12(16)22-14-19-6-7-20-14;3*1-3-4-2;/h2-3,8H,4-7H2;3*1,3-4H2,2H3;. The van der Waals surface area contributed by atoms with Crippen molar-refractivity contribution in [2.24, 2.45) is 0 Å². The van der Waals surface area contributed by atoms with Crippen LogP contribution in [0.5, 0.6) is 0 Å². The summed E-state index contributed by atoms with van der Waals surface area (Å²) >= 11 is -3.00. The van der Waals surface area contributed by atoms with Crippen molar-refractivity contribution in [2.45, 2.75) is 72.6 Å². The Labute approximate surface area is 211 Å². The van der Waals surface area contributed by atoms with Crippen molar-refractivity contribution in [3.8, 4) is 0 Å². The summed E-state index contributed by atoms with van der Waals surface area (Å²) in [6, 6.07) is 5.33. The Bertz CT molecular complexity index is 758. The molecule has 11 heteroatoms. The van der Waals surface area contributed by atoms with E-state index < -0.39 is 30.3 Å². The monoisotopic (exact) mass is 602 g/mol. The molecule has 0 bridgehead atoms. The average Bonchev–Trinajstić information content (AvgIpc) is 3.58. The molecule has 2 fully saturated rings. The molecule has 35 heavy (non-hydrogen) atoms. The molecule has 0 unspecified atom stereocenters. The number of rotatable bonds is 14. The topological polar surface area (TPSA) is 96.0 Å². The molecular weight excluding hydrogens is 563 g/mol. The van der Waals surface area contributed by atoms with Gasteiger partial charge in [0.1, 0.15) is 0 Å². The van der Waals surface area contributed by atoms with E-state index >= 15 is 0 Å². The third-order valence-corrected chi connectivity index (χ3v) is 21.9. The molecule has 0 atom stereocenters. The molecule has 2 aliphatic rings. The minimum absolute atomic E-state index is 0.266. The molecule has 0 spiro atoms. The zero-order chi connectivity index (χ0) is 25.1. The number of hydrogen-bond donors (Lipinski definition) is 0. The molecule has 0 amide bonds. The fourth-order valence-electron chi connectivity index (χ4n) is 4.39. The zero-order valence-electron chi connectivity index (χ0n) is 21.1. The van der Waals surface area contributed by atoms with E-state index in [1.54, 1.807) is 0 Å². The van der Waals surface area contributed by atoms with Crippen LogP contribution in [0.4, 0.5) is 0 Å². The zero-order valence-corrected chi connectivity index (χ0v) is 23.9. The molecule has 0 saturated carbocycles. The van der Waals surface area contributed by atoms with Gasteiger partial charge in [0.25, 0.3) is 0 Å². The number of nitrogens with zero attached hydrogens (tertiary/aromatic N) is 2. The van der Waals surface area contributed by atoms with Gasteiger partial charge in [0, 0.05) is 0 Å². The van der Waals surface area contributed by atoms with Gasteiger partial charge in [-0.25, -0.2) is 0 Å². The van der Waals surface area contributed by atoms with E-state index in [1.165, 1.54) is 19.4 Å². The van der Waals surface area contributed by atoms with E-state index in [0.29, 0.717) is 26.4 Å². The molecule has 3 rings (SSSR count). The molecule has 0 aromatic heterocycles. The first-order valence-corrected chi connectivity index (χ1v) is 20.2. The number of carbonyl (C=O) groups is 2. The van der Waals surface area contributed by atoms with Crippen molar-refractivity contribution >= 4 is 33.9 Å². The van der Waals surface area contributed by atoms with Crippen LogP contribution in [0.25, 0.3) is 0 Å². The van der Waals surface area contributed by atoms with E-state index in [0.717, 1.165) is 52.9 Å². The van der Waals surface area contributed by atoms with E-state index in [1.807, 2.05) is 12.1 Å². The van der Waals surface area contributed by atoms with Gasteiger partial charge in [-0.2, -0.15) is 0 Å². The van der Waals surface area contributed by atoms with Crippen molar-refractivity contribution in [3.05, 3.63) is 29.3 Å². The maximum absolute atomic E-state index is 13.0. The molecule has 2 heterocycles. The number of benzene rings is 1. The summed E-state index contributed by atoms with van der Waals surface area (Å²) in [7, 11) is 0. The fraction of sp³-hybridized carbons (Fsp3) is 0.667. The van der Waals surface area contributed by atoms with Crippen LogP contribution in [0.2, 0.25) is 13.3 Å². The van der Waals surface area contributed by atoms with Crippen LogP contribution in [-0.4, -0.2) is 67.5 Å². The van der Waals surface area contributed by atoms with Gasteiger partial charge in [0.2, 0.25) is 0 Å². The third-order valence-electron chi connectivity index (χ3n) is 6.31. The van der Waals surface area contributed by atoms with E-state index in [4.69, 9.17) is 29.0 Å². The van der Waals surface area contributed by atoms with Gasteiger partial charge in [0.15, 0.2) is 0 Å². The van der Waals surface area contributed by atoms with Crippen LogP contribution in [-0.2, 0) is 29.0 Å². The summed E-state index contributed by atoms with van der Waals surface area (Å²) in [6.07, 6.45) is 6.76. The second kappa shape index (κ2) is 14.5. The minimum atomic E-state index is -3.00. The summed E-state index contributed by atoms with van der Waals surface area (Å²) in [6.45, 7) is 7.81. The van der Waals surface area contributed by atoms with Crippen molar-refractivity contribution in [1.82, 2.24) is 10.8 Å². The normalized spacial score (nSPS) is 17.1. The molecular formula is C24H38N2O8Sn. The first kappa shape index (κ1) is 28.3. The molecule has 1 aromatic rings. The van der Waals surface area contributed by atoms with Gasteiger partial charge in [-0.1, -0.05) is 0 Å². The summed E-state index contributed by atoms with van der Waals surface area (Å²) in [4.78, 5) is 57.0. The predicted molar refractivity (Wildman–Crippen MR) is 129 cm³/mol. The van der Waals surface area contributed by atoms with Crippen LogP contribution >= 0.6 is 0 Å². The van der Waals surface area contributed by atoms with Gasteiger partial charge in [0.05, 0.1) is 0 Å². The molecule has 196 valence electrons. The summed E-state index contributed by atoms with van der Waals surface area (Å²) in [5.41, 5.74) is 0.532. The molecule has 10 nitrogen and oxygen atoms in total. The van der Waals surface area contributed by atoms with Crippen molar-refractivity contribution < 1.29 is 38.6 Å². The second-order valence-corrected chi connectivity index (χ2v) is 22.2. The fourth-order valence-corrected chi connectivity index (χ4v) is 20.5. The Hall–Kier alpha value is -1.28. The average molecular weight is 601 g/mol. The van der Waals surface area contributed by atoms with Gasteiger partial charge in [-0.05, 0) is 0 Å².